The van der Waals surface area contributed by atoms with E-state index in [9.17, 15) is 0 Å². The molecule has 0 aromatic heterocycles. The summed E-state index contributed by atoms with van der Waals surface area (Å²) < 4.78 is 0. The van der Waals surface area contributed by atoms with Gasteiger partial charge in [0, 0.05) is 5.70 Å². The zero-order chi connectivity index (χ0) is 8.69. The Bertz CT molecular complexity index is 186. The zero-order valence-corrected chi connectivity index (χ0v) is 7.04. The highest BCUT2D eigenvalue weighted by Crippen LogP contribution is 1.96. The second-order valence-electron chi connectivity index (χ2n) is 2.31. The summed E-state index contributed by atoms with van der Waals surface area (Å²) in [5.41, 5.74) is 7.00. The third kappa shape index (κ3) is 5.43. The van der Waals surface area contributed by atoms with Crippen molar-refractivity contribution in [1.29, 1.82) is 0 Å². The van der Waals surface area contributed by atoms with Crippen molar-refractivity contribution in [3.63, 3.8) is 0 Å². The van der Waals surface area contributed by atoms with Crippen LogP contribution in [0.5, 0.6) is 0 Å². The minimum atomic E-state index is 0.0497. The van der Waals surface area contributed by atoms with Gasteiger partial charge in [-0.3, -0.25) is 0 Å². The van der Waals surface area contributed by atoms with Crippen molar-refractivity contribution in [2.45, 2.75) is 13.8 Å². The molecule has 0 unspecified atom stereocenters. The Morgan fingerprint density at radius 2 is 2.09 bits per heavy atom. The van der Waals surface area contributed by atoms with Gasteiger partial charge in [0.25, 0.3) is 0 Å². The number of hydrogen-bond donors (Lipinski definition) is 2. The maximum Gasteiger partial charge on any atom is 0.0681 e. The monoisotopic (exact) mass is 153 g/mol. The van der Waals surface area contributed by atoms with Crippen LogP contribution in [-0.2, 0) is 0 Å². The van der Waals surface area contributed by atoms with Gasteiger partial charge in [-0.05, 0) is 25.5 Å². The van der Waals surface area contributed by atoms with Crippen molar-refractivity contribution in [1.82, 2.24) is 0 Å². The minimum Gasteiger partial charge on any atom is -0.402 e. The Morgan fingerprint density at radius 3 is 2.45 bits per heavy atom. The van der Waals surface area contributed by atoms with E-state index < -0.39 is 0 Å². The fourth-order valence-corrected chi connectivity index (χ4v) is 0.614. The highest BCUT2D eigenvalue weighted by molar-refractivity contribution is 5.24. The summed E-state index contributed by atoms with van der Waals surface area (Å²) in [6.45, 7) is 3.76. The molecule has 0 aliphatic rings. The van der Waals surface area contributed by atoms with Gasteiger partial charge in [-0.2, -0.15) is 0 Å². The molecule has 0 aliphatic heterocycles. The third-order valence-electron chi connectivity index (χ3n) is 1.12. The first kappa shape index (κ1) is 9.98. The van der Waals surface area contributed by atoms with E-state index in [4.69, 9.17) is 10.8 Å². The predicted octanol–water partition coefficient (Wildman–Crippen LogP) is 1.34. The molecule has 0 saturated carbocycles. The van der Waals surface area contributed by atoms with E-state index in [0.29, 0.717) is 0 Å². The number of aliphatic hydroxyl groups is 1. The first-order valence-corrected chi connectivity index (χ1v) is 3.57. The van der Waals surface area contributed by atoms with Crippen molar-refractivity contribution in [2.75, 3.05) is 6.61 Å². The molecule has 0 spiro atoms. The van der Waals surface area contributed by atoms with Crippen LogP contribution in [0.1, 0.15) is 13.8 Å². The van der Waals surface area contributed by atoms with Crippen molar-refractivity contribution >= 4 is 0 Å². The zero-order valence-electron chi connectivity index (χ0n) is 7.04. The van der Waals surface area contributed by atoms with Gasteiger partial charge >= 0.3 is 0 Å². The topological polar surface area (TPSA) is 46.2 Å². The lowest BCUT2D eigenvalue weighted by Crippen LogP contribution is -1.90. The Kier molecular flexibility index (Phi) is 5.21. The molecule has 3 N–H and O–H groups in total. The summed E-state index contributed by atoms with van der Waals surface area (Å²) in [6, 6.07) is 0. The molecule has 0 saturated heterocycles. The lowest BCUT2D eigenvalue weighted by molar-refractivity contribution is 0.335. The maximum absolute atomic E-state index is 8.78. The van der Waals surface area contributed by atoms with Gasteiger partial charge in [0.1, 0.15) is 0 Å². The minimum absolute atomic E-state index is 0.0497. The van der Waals surface area contributed by atoms with Crippen LogP contribution in [-0.4, -0.2) is 11.7 Å². The number of nitrogens with two attached hydrogens (primary N) is 1. The average molecular weight is 153 g/mol. The summed E-state index contributed by atoms with van der Waals surface area (Å²) in [4.78, 5) is 0. The first-order chi connectivity index (χ1) is 5.20. The highest BCUT2D eigenvalue weighted by Gasteiger charge is 1.84. The van der Waals surface area contributed by atoms with Crippen LogP contribution < -0.4 is 5.73 Å². The van der Waals surface area contributed by atoms with Gasteiger partial charge < -0.3 is 10.8 Å². The lowest BCUT2D eigenvalue weighted by atomic mass is 10.2. The predicted molar refractivity (Wildman–Crippen MR) is 47.9 cm³/mol. The number of hydrogen-bond acceptors (Lipinski definition) is 2. The van der Waals surface area contributed by atoms with E-state index in [1.54, 1.807) is 19.1 Å². The van der Waals surface area contributed by atoms with E-state index >= 15 is 0 Å². The molecule has 2 heteroatoms. The third-order valence-corrected chi connectivity index (χ3v) is 1.12. The summed E-state index contributed by atoms with van der Waals surface area (Å²) in [6.07, 6.45) is 7.29. The number of allylic oxidation sites excluding steroid dienone is 4. The first-order valence-electron chi connectivity index (χ1n) is 3.57. The Balaban J connectivity index is 4.24. The van der Waals surface area contributed by atoms with Crippen LogP contribution in [0.3, 0.4) is 0 Å². The smallest absolute Gasteiger partial charge is 0.0681 e. The molecule has 0 bridgehead atoms. The summed E-state index contributed by atoms with van der Waals surface area (Å²) in [5, 5.41) is 8.78. The molecule has 0 rings (SSSR count). The van der Waals surface area contributed by atoms with E-state index in [1.165, 1.54) is 0 Å². The van der Waals surface area contributed by atoms with Crippen molar-refractivity contribution in [2.24, 2.45) is 5.73 Å². The number of aliphatic hydroxyl groups excluding tert-OH is 1. The second-order valence-corrected chi connectivity index (χ2v) is 2.31. The molecule has 0 amide bonds. The average Bonchev–Trinajstić information content (AvgIpc) is 1.97. The summed E-state index contributed by atoms with van der Waals surface area (Å²) in [5.74, 6) is 0. The largest absolute Gasteiger partial charge is 0.402 e. The van der Waals surface area contributed by atoms with Crippen LogP contribution in [0.15, 0.2) is 35.6 Å². The van der Waals surface area contributed by atoms with Gasteiger partial charge in [0.2, 0.25) is 0 Å². The van der Waals surface area contributed by atoms with Crippen LogP contribution in [0, 0.1) is 0 Å². The van der Waals surface area contributed by atoms with Gasteiger partial charge in [-0.1, -0.05) is 18.2 Å². The van der Waals surface area contributed by atoms with Crippen molar-refractivity contribution in [3.05, 3.63) is 35.6 Å². The molecule has 0 fully saturated rings. The molecule has 0 aliphatic carbocycles. The Morgan fingerprint density at radius 1 is 1.45 bits per heavy atom. The van der Waals surface area contributed by atoms with E-state index in [2.05, 4.69) is 0 Å². The van der Waals surface area contributed by atoms with Crippen molar-refractivity contribution in [3.8, 4) is 0 Å². The Labute approximate surface area is 67.7 Å². The SMILES string of the molecule is C\C=C/C(=C\C=C(/C)N)CO. The van der Waals surface area contributed by atoms with E-state index in [-0.39, 0.29) is 6.61 Å². The van der Waals surface area contributed by atoms with Gasteiger partial charge in [-0.25, -0.2) is 0 Å². The molecular formula is C9H15NO. The van der Waals surface area contributed by atoms with Crippen molar-refractivity contribution < 1.29 is 5.11 Å². The number of rotatable bonds is 3. The molecule has 0 aromatic rings. The quantitative estimate of drug-likeness (QED) is 0.601. The van der Waals surface area contributed by atoms with Gasteiger partial charge in [-0.15, -0.1) is 0 Å². The van der Waals surface area contributed by atoms with Gasteiger partial charge in [0.05, 0.1) is 6.61 Å². The highest BCUT2D eigenvalue weighted by atomic mass is 16.3. The van der Waals surface area contributed by atoms with Crippen LogP contribution >= 0.6 is 0 Å². The van der Waals surface area contributed by atoms with Gasteiger partial charge in [0.15, 0.2) is 0 Å². The second kappa shape index (κ2) is 5.74. The lowest BCUT2D eigenvalue weighted by Gasteiger charge is -1.92. The molecule has 0 radical (unpaired) electrons. The molecule has 11 heavy (non-hydrogen) atoms. The summed E-state index contributed by atoms with van der Waals surface area (Å²) >= 11 is 0. The standard InChI is InChI=1S/C9H15NO/c1-3-4-9(7-11)6-5-8(2)10/h3-6,11H,7,10H2,1-2H3/b4-3-,8-5+,9-6+. The van der Waals surface area contributed by atoms with Crippen LogP contribution in [0.2, 0.25) is 0 Å². The molecule has 0 aromatic carbocycles. The van der Waals surface area contributed by atoms with Crippen LogP contribution in [0.25, 0.3) is 0 Å². The molecular weight excluding hydrogens is 138 g/mol. The normalized spacial score (nSPS) is 14.5. The summed E-state index contributed by atoms with van der Waals surface area (Å²) in [7, 11) is 0. The van der Waals surface area contributed by atoms with E-state index in [0.717, 1.165) is 11.3 Å². The molecule has 0 atom stereocenters. The van der Waals surface area contributed by atoms with Crippen LogP contribution in [0.4, 0.5) is 0 Å². The maximum atomic E-state index is 8.78. The fraction of sp³-hybridized carbons (Fsp3) is 0.333. The van der Waals surface area contributed by atoms with E-state index in [1.807, 2.05) is 19.1 Å². The molecule has 2 nitrogen and oxygen atoms in total. The Hall–Kier alpha value is -1.02. The fourth-order valence-electron chi connectivity index (χ4n) is 0.614. The molecule has 62 valence electrons. The molecule has 0 heterocycles.